The van der Waals surface area contributed by atoms with Crippen molar-refractivity contribution in [2.45, 2.75) is 51.0 Å². The molecule has 3 nitrogen and oxygen atoms in total. The van der Waals surface area contributed by atoms with Gasteiger partial charge in [0.25, 0.3) is 0 Å². The Morgan fingerprint density at radius 1 is 1.46 bits per heavy atom. The molecule has 3 aliphatic heterocycles. The van der Waals surface area contributed by atoms with Crippen molar-refractivity contribution < 1.29 is 9.47 Å². The van der Waals surface area contributed by atoms with Crippen molar-refractivity contribution in [1.29, 1.82) is 0 Å². The number of hydrogen-bond donors (Lipinski definition) is 1. The molecule has 0 saturated carbocycles. The summed E-state index contributed by atoms with van der Waals surface area (Å²) in [5.41, 5.74) is -0.0516. The summed E-state index contributed by atoms with van der Waals surface area (Å²) in [6.07, 6.45) is 1.53. The third-order valence-corrected chi connectivity index (χ3v) is 2.63. The molecule has 3 atom stereocenters. The number of hydrogen-bond acceptors (Lipinski definition) is 3. The third-order valence-electron chi connectivity index (χ3n) is 2.63. The van der Waals surface area contributed by atoms with E-state index in [2.05, 4.69) is 26.1 Å². The zero-order valence-corrected chi connectivity index (χ0v) is 8.67. The van der Waals surface area contributed by atoms with Crippen LogP contribution >= 0.6 is 0 Å². The Bertz CT molecular complexity index is 179. The zero-order valence-electron chi connectivity index (χ0n) is 8.67. The lowest BCUT2D eigenvalue weighted by Gasteiger charge is -2.47. The molecule has 76 valence electrons. The average Bonchev–Trinajstić information content (AvgIpc) is 1.98. The minimum atomic E-state index is -0.0516. The molecule has 0 radical (unpaired) electrons. The molecule has 3 aliphatic rings. The number of ether oxygens (including phenoxy) is 2. The van der Waals surface area contributed by atoms with Gasteiger partial charge in [0.15, 0.2) is 0 Å². The maximum atomic E-state index is 5.70. The molecule has 0 amide bonds. The van der Waals surface area contributed by atoms with Crippen LogP contribution in [0.2, 0.25) is 0 Å². The summed E-state index contributed by atoms with van der Waals surface area (Å²) in [5, 5.41) is 3.46. The largest absolute Gasteiger partial charge is 0.373 e. The van der Waals surface area contributed by atoms with E-state index in [1.165, 1.54) is 6.42 Å². The number of nitrogens with one attached hydrogen (secondary N) is 1. The lowest BCUT2D eigenvalue weighted by Crippen LogP contribution is -2.66. The molecular weight excluding hydrogens is 166 g/mol. The molecule has 3 heterocycles. The van der Waals surface area contributed by atoms with Gasteiger partial charge >= 0.3 is 0 Å². The SMILES string of the molecule is CC(C)(C)OCC1OCC2CC1N2. The second-order valence-electron chi connectivity index (χ2n) is 5.00. The van der Waals surface area contributed by atoms with Gasteiger partial charge in [0.1, 0.15) is 0 Å². The van der Waals surface area contributed by atoms with Crippen LogP contribution < -0.4 is 5.32 Å². The number of rotatable bonds is 2. The van der Waals surface area contributed by atoms with Crippen molar-refractivity contribution >= 4 is 0 Å². The molecule has 1 N–H and O–H groups in total. The van der Waals surface area contributed by atoms with Crippen molar-refractivity contribution in [3.05, 3.63) is 0 Å². The van der Waals surface area contributed by atoms with Crippen LogP contribution in [0, 0.1) is 0 Å². The Labute approximate surface area is 79.8 Å². The van der Waals surface area contributed by atoms with E-state index in [9.17, 15) is 0 Å². The highest BCUT2D eigenvalue weighted by atomic mass is 16.5. The lowest BCUT2D eigenvalue weighted by atomic mass is 9.90. The van der Waals surface area contributed by atoms with Crippen LogP contribution in [0.4, 0.5) is 0 Å². The minimum absolute atomic E-state index is 0.0516. The maximum Gasteiger partial charge on any atom is 0.0962 e. The van der Waals surface area contributed by atoms with Gasteiger partial charge in [-0.25, -0.2) is 0 Å². The fourth-order valence-corrected chi connectivity index (χ4v) is 1.81. The van der Waals surface area contributed by atoms with E-state index in [0.717, 1.165) is 6.61 Å². The van der Waals surface area contributed by atoms with Gasteiger partial charge in [-0.1, -0.05) is 0 Å². The molecular formula is C10H19NO2. The van der Waals surface area contributed by atoms with Crippen LogP contribution in [0.3, 0.4) is 0 Å². The highest BCUT2D eigenvalue weighted by Crippen LogP contribution is 2.25. The third kappa shape index (κ3) is 2.22. The topological polar surface area (TPSA) is 30.5 Å². The normalized spacial score (nSPS) is 38.5. The van der Waals surface area contributed by atoms with Crippen molar-refractivity contribution in [3.63, 3.8) is 0 Å². The van der Waals surface area contributed by atoms with E-state index in [-0.39, 0.29) is 11.7 Å². The Hall–Kier alpha value is -0.120. The fourth-order valence-electron chi connectivity index (χ4n) is 1.81. The van der Waals surface area contributed by atoms with Crippen LogP contribution in [0.5, 0.6) is 0 Å². The molecule has 3 rings (SSSR count). The van der Waals surface area contributed by atoms with Crippen LogP contribution in [-0.2, 0) is 9.47 Å². The smallest absolute Gasteiger partial charge is 0.0962 e. The van der Waals surface area contributed by atoms with Crippen molar-refractivity contribution in [1.82, 2.24) is 5.32 Å². The highest BCUT2D eigenvalue weighted by Gasteiger charge is 2.40. The van der Waals surface area contributed by atoms with E-state index in [4.69, 9.17) is 9.47 Å². The van der Waals surface area contributed by atoms with Gasteiger partial charge in [-0.05, 0) is 27.2 Å². The molecule has 0 aliphatic carbocycles. The summed E-state index contributed by atoms with van der Waals surface area (Å²) in [6.45, 7) is 7.80. The molecule has 3 unspecified atom stereocenters. The summed E-state index contributed by atoms with van der Waals surface area (Å²) in [7, 11) is 0. The maximum absolute atomic E-state index is 5.70. The second kappa shape index (κ2) is 3.23. The van der Waals surface area contributed by atoms with Crippen molar-refractivity contribution in [2.24, 2.45) is 0 Å². The van der Waals surface area contributed by atoms with Gasteiger partial charge in [-0.3, -0.25) is 0 Å². The average molecular weight is 185 g/mol. The van der Waals surface area contributed by atoms with Gasteiger partial charge in [0.2, 0.25) is 0 Å². The standard InChI is InChI=1S/C10H19NO2/c1-10(2,3)13-6-9-8-4-7(11-8)5-12-9/h7-9,11H,4-6H2,1-3H3. The Morgan fingerprint density at radius 3 is 2.62 bits per heavy atom. The molecule has 3 saturated heterocycles. The minimum Gasteiger partial charge on any atom is -0.373 e. The highest BCUT2D eigenvalue weighted by molar-refractivity contribution is 4.97. The molecule has 3 heteroatoms. The first-order valence-corrected chi connectivity index (χ1v) is 5.06. The van der Waals surface area contributed by atoms with Crippen LogP contribution in [0.1, 0.15) is 27.2 Å². The Balaban J connectivity index is 1.75. The van der Waals surface area contributed by atoms with E-state index in [0.29, 0.717) is 18.7 Å². The van der Waals surface area contributed by atoms with Crippen LogP contribution in [0.15, 0.2) is 0 Å². The summed E-state index contributed by atoms with van der Waals surface area (Å²) in [4.78, 5) is 0. The van der Waals surface area contributed by atoms with Gasteiger partial charge in [0.05, 0.1) is 24.9 Å². The second-order valence-corrected chi connectivity index (χ2v) is 5.00. The fraction of sp³-hybridized carbons (Fsp3) is 1.00. The molecule has 0 aromatic heterocycles. The summed E-state index contributed by atoms with van der Waals surface area (Å²) < 4.78 is 11.3. The van der Waals surface area contributed by atoms with Gasteiger partial charge in [-0.2, -0.15) is 0 Å². The van der Waals surface area contributed by atoms with E-state index < -0.39 is 0 Å². The summed E-state index contributed by atoms with van der Waals surface area (Å²) >= 11 is 0. The molecule has 0 aromatic carbocycles. The van der Waals surface area contributed by atoms with Crippen molar-refractivity contribution in [2.75, 3.05) is 13.2 Å². The predicted molar refractivity (Wildman–Crippen MR) is 50.8 cm³/mol. The molecule has 0 spiro atoms. The van der Waals surface area contributed by atoms with Gasteiger partial charge in [0, 0.05) is 12.1 Å². The quantitative estimate of drug-likeness (QED) is 0.694. The van der Waals surface area contributed by atoms with Gasteiger partial charge < -0.3 is 14.8 Å². The zero-order chi connectivity index (χ0) is 9.47. The van der Waals surface area contributed by atoms with Crippen molar-refractivity contribution in [3.8, 4) is 0 Å². The number of morpholine rings is 1. The summed E-state index contributed by atoms with van der Waals surface area (Å²) in [5.74, 6) is 0. The van der Waals surface area contributed by atoms with E-state index >= 15 is 0 Å². The first-order valence-electron chi connectivity index (χ1n) is 5.06. The Kier molecular flexibility index (Phi) is 2.34. The van der Waals surface area contributed by atoms with Crippen LogP contribution in [-0.4, -0.2) is 37.0 Å². The first-order chi connectivity index (χ1) is 6.04. The lowest BCUT2D eigenvalue weighted by molar-refractivity contribution is -0.136. The van der Waals surface area contributed by atoms with E-state index in [1.807, 2.05) is 0 Å². The first kappa shape index (κ1) is 9.44. The molecule has 3 fully saturated rings. The molecule has 0 aromatic rings. The summed E-state index contributed by atoms with van der Waals surface area (Å²) in [6, 6.07) is 1.16. The molecule has 13 heavy (non-hydrogen) atoms. The van der Waals surface area contributed by atoms with Crippen LogP contribution in [0.25, 0.3) is 0 Å². The predicted octanol–water partition coefficient (Wildman–Crippen LogP) is 0.931. The Morgan fingerprint density at radius 2 is 2.15 bits per heavy atom. The van der Waals surface area contributed by atoms with E-state index in [1.54, 1.807) is 0 Å². The number of fused-ring (bicyclic) bond motifs is 2. The van der Waals surface area contributed by atoms with Gasteiger partial charge in [-0.15, -0.1) is 0 Å². The molecule has 2 bridgehead atoms. The monoisotopic (exact) mass is 185 g/mol.